The van der Waals surface area contributed by atoms with Gasteiger partial charge in [0.1, 0.15) is 11.5 Å². The first-order chi connectivity index (χ1) is 9.99. The SMILES string of the molecule is C/C(=N/Nc1ccccc1C(=O)O)c1ccc(O)cc1O. The van der Waals surface area contributed by atoms with Gasteiger partial charge in [-0.25, -0.2) is 4.79 Å². The van der Waals surface area contributed by atoms with Crippen molar-refractivity contribution in [3.05, 3.63) is 53.6 Å². The molecule has 2 aromatic rings. The number of carboxylic acids is 1. The Kier molecular flexibility index (Phi) is 4.08. The average Bonchev–Trinajstić information content (AvgIpc) is 2.45. The second-order valence-electron chi connectivity index (χ2n) is 4.36. The molecular formula is C15H14N2O4. The van der Waals surface area contributed by atoms with Gasteiger partial charge in [-0.1, -0.05) is 12.1 Å². The maximum absolute atomic E-state index is 11.1. The van der Waals surface area contributed by atoms with Crippen LogP contribution in [0.5, 0.6) is 11.5 Å². The van der Waals surface area contributed by atoms with E-state index in [4.69, 9.17) is 5.11 Å². The van der Waals surface area contributed by atoms with Crippen molar-refractivity contribution in [3.8, 4) is 11.5 Å². The third kappa shape index (κ3) is 3.30. The number of phenols is 2. The molecule has 0 fully saturated rings. The summed E-state index contributed by atoms with van der Waals surface area (Å²) in [6, 6.07) is 10.5. The molecule has 0 aliphatic carbocycles. The largest absolute Gasteiger partial charge is 0.508 e. The van der Waals surface area contributed by atoms with Crippen molar-refractivity contribution in [3.63, 3.8) is 0 Å². The van der Waals surface area contributed by atoms with Crippen LogP contribution in [0, 0.1) is 0 Å². The van der Waals surface area contributed by atoms with E-state index in [-0.39, 0.29) is 17.1 Å². The van der Waals surface area contributed by atoms with Gasteiger partial charge in [0.15, 0.2) is 0 Å². The minimum absolute atomic E-state index is 0.0479. The van der Waals surface area contributed by atoms with E-state index < -0.39 is 5.97 Å². The van der Waals surface area contributed by atoms with E-state index in [1.165, 1.54) is 24.3 Å². The molecular weight excluding hydrogens is 272 g/mol. The number of hydrazone groups is 1. The maximum Gasteiger partial charge on any atom is 0.337 e. The van der Waals surface area contributed by atoms with E-state index >= 15 is 0 Å². The van der Waals surface area contributed by atoms with Crippen LogP contribution in [0.3, 0.4) is 0 Å². The number of hydrogen-bond acceptors (Lipinski definition) is 5. The summed E-state index contributed by atoms with van der Waals surface area (Å²) in [5.41, 5.74) is 4.01. The molecule has 0 aromatic heterocycles. The van der Waals surface area contributed by atoms with Gasteiger partial charge in [-0.15, -0.1) is 0 Å². The normalized spacial score (nSPS) is 11.2. The highest BCUT2D eigenvalue weighted by Crippen LogP contribution is 2.23. The summed E-state index contributed by atoms with van der Waals surface area (Å²) in [6.45, 7) is 1.66. The van der Waals surface area contributed by atoms with Gasteiger partial charge in [0.25, 0.3) is 0 Å². The Balaban J connectivity index is 2.27. The minimum atomic E-state index is -1.06. The Morgan fingerprint density at radius 3 is 2.48 bits per heavy atom. The van der Waals surface area contributed by atoms with Gasteiger partial charge < -0.3 is 15.3 Å². The first-order valence-electron chi connectivity index (χ1n) is 6.14. The number of hydrogen-bond donors (Lipinski definition) is 4. The zero-order valence-corrected chi connectivity index (χ0v) is 11.2. The molecule has 0 atom stereocenters. The molecule has 2 aromatic carbocycles. The highest BCUT2D eigenvalue weighted by atomic mass is 16.4. The van der Waals surface area contributed by atoms with Crippen LogP contribution < -0.4 is 5.43 Å². The molecule has 108 valence electrons. The second kappa shape index (κ2) is 5.96. The number of nitrogens with one attached hydrogen (secondary N) is 1. The fourth-order valence-electron chi connectivity index (χ4n) is 1.80. The van der Waals surface area contributed by atoms with Gasteiger partial charge in [0, 0.05) is 11.6 Å². The standard InChI is InChI=1S/C15H14N2O4/c1-9(11-7-6-10(18)8-14(11)19)16-17-13-5-3-2-4-12(13)15(20)21/h2-8,17-19H,1H3,(H,20,21)/b16-9-. The predicted octanol–water partition coefficient (Wildman–Crippen LogP) is 2.63. The summed E-state index contributed by atoms with van der Waals surface area (Å²) in [5.74, 6) is -1.21. The smallest absolute Gasteiger partial charge is 0.337 e. The van der Waals surface area contributed by atoms with Gasteiger partial charge in [-0.2, -0.15) is 5.10 Å². The quantitative estimate of drug-likeness (QED) is 0.511. The van der Waals surface area contributed by atoms with Gasteiger partial charge in [-0.3, -0.25) is 5.43 Å². The predicted molar refractivity (Wildman–Crippen MR) is 79.0 cm³/mol. The van der Waals surface area contributed by atoms with Crippen LogP contribution >= 0.6 is 0 Å². The summed E-state index contributed by atoms with van der Waals surface area (Å²) in [4.78, 5) is 11.1. The topological polar surface area (TPSA) is 102 Å². The van der Waals surface area contributed by atoms with Gasteiger partial charge in [0.2, 0.25) is 0 Å². The molecule has 0 radical (unpaired) electrons. The van der Waals surface area contributed by atoms with E-state index in [0.717, 1.165) is 0 Å². The number of aromatic hydroxyl groups is 2. The number of carboxylic acid groups (broad SMARTS) is 1. The Hall–Kier alpha value is -3.02. The van der Waals surface area contributed by atoms with E-state index in [2.05, 4.69) is 10.5 Å². The maximum atomic E-state index is 11.1. The van der Waals surface area contributed by atoms with Crippen molar-refractivity contribution < 1.29 is 20.1 Å². The Morgan fingerprint density at radius 2 is 1.81 bits per heavy atom. The Labute approximate surface area is 121 Å². The monoisotopic (exact) mass is 286 g/mol. The molecule has 0 saturated heterocycles. The molecule has 6 nitrogen and oxygen atoms in total. The Bertz CT molecular complexity index is 711. The number of benzene rings is 2. The molecule has 0 spiro atoms. The molecule has 4 N–H and O–H groups in total. The number of rotatable bonds is 4. The zero-order chi connectivity index (χ0) is 15.4. The lowest BCUT2D eigenvalue weighted by atomic mass is 10.1. The number of aromatic carboxylic acids is 1. The van der Waals surface area contributed by atoms with Gasteiger partial charge >= 0.3 is 5.97 Å². The molecule has 0 bridgehead atoms. The molecule has 6 heteroatoms. The molecule has 0 heterocycles. The fourth-order valence-corrected chi connectivity index (χ4v) is 1.80. The number of nitrogens with zero attached hydrogens (tertiary/aromatic N) is 1. The van der Waals surface area contributed by atoms with Crippen LogP contribution in [0.2, 0.25) is 0 Å². The minimum Gasteiger partial charge on any atom is -0.508 e. The molecule has 0 saturated carbocycles. The molecule has 0 aliphatic rings. The van der Waals surface area contributed by atoms with Crippen LogP contribution in [0.25, 0.3) is 0 Å². The van der Waals surface area contributed by atoms with Crippen LogP contribution in [-0.2, 0) is 0 Å². The first kappa shape index (κ1) is 14.4. The number of anilines is 1. The highest BCUT2D eigenvalue weighted by molar-refractivity contribution is 6.02. The Morgan fingerprint density at radius 1 is 1.10 bits per heavy atom. The highest BCUT2D eigenvalue weighted by Gasteiger charge is 2.09. The summed E-state index contributed by atoms with van der Waals surface area (Å²) in [5, 5.41) is 32.1. The zero-order valence-electron chi connectivity index (χ0n) is 11.2. The van der Waals surface area contributed by atoms with Crippen LogP contribution in [0.4, 0.5) is 5.69 Å². The summed E-state index contributed by atoms with van der Waals surface area (Å²) in [7, 11) is 0. The van der Waals surface area contributed by atoms with Gasteiger partial charge in [-0.05, 0) is 31.2 Å². The van der Waals surface area contributed by atoms with E-state index in [9.17, 15) is 15.0 Å². The second-order valence-corrected chi connectivity index (χ2v) is 4.36. The lowest BCUT2D eigenvalue weighted by Gasteiger charge is -2.08. The van der Waals surface area contributed by atoms with Crippen molar-refractivity contribution in [1.82, 2.24) is 0 Å². The van der Waals surface area contributed by atoms with Crippen LogP contribution in [-0.4, -0.2) is 27.0 Å². The molecule has 0 unspecified atom stereocenters. The molecule has 2 rings (SSSR count). The number of phenolic OH excluding ortho intramolecular Hbond substituents is 2. The number of carbonyl (C=O) groups is 1. The molecule has 0 amide bonds. The fraction of sp³-hybridized carbons (Fsp3) is 0.0667. The van der Waals surface area contributed by atoms with E-state index in [0.29, 0.717) is 17.0 Å². The summed E-state index contributed by atoms with van der Waals surface area (Å²) in [6.07, 6.45) is 0. The van der Waals surface area contributed by atoms with Crippen molar-refractivity contribution in [2.75, 3.05) is 5.43 Å². The average molecular weight is 286 g/mol. The molecule has 21 heavy (non-hydrogen) atoms. The lowest BCUT2D eigenvalue weighted by Crippen LogP contribution is -2.04. The third-order valence-corrected chi connectivity index (χ3v) is 2.87. The van der Waals surface area contributed by atoms with Crippen LogP contribution in [0.15, 0.2) is 47.6 Å². The third-order valence-electron chi connectivity index (χ3n) is 2.87. The van der Waals surface area contributed by atoms with Crippen molar-refractivity contribution >= 4 is 17.4 Å². The number of para-hydroxylation sites is 1. The molecule has 0 aliphatic heterocycles. The van der Waals surface area contributed by atoms with Crippen LogP contribution in [0.1, 0.15) is 22.8 Å². The summed E-state index contributed by atoms with van der Waals surface area (Å²) >= 11 is 0. The summed E-state index contributed by atoms with van der Waals surface area (Å²) < 4.78 is 0. The first-order valence-corrected chi connectivity index (χ1v) is 6.14. The van der Waals surface area contributed by atoms with E-state index in [1.807, 2.05) is 0 Å². The van der Waals surface area contributed by atoms with Gasteiger partial charge in [0.05, 0.1) is 17.0 Å². The van der Waals surface area contributed by atoms with Crippen molar-refractivity contribution in [2.24, 2.45) is 5.10 Å². The van der Waals surface area contributed by atoms with Crippen molar-refractivity contribution in [1.29, 1.82) is 0 Å². The van der Waals surface area contributed by atoms with Crippen molar-refractivity contribution in [2.45, 2.75) is 6.92 Å². The van der Waals surface area contributed by atoms with E-state index in [1.54, 1.807) is 25.1 Å². The lowest BCUT2D eigenvalue weighted by molar-refractivity contribution is 0.0698.